The molecule has 18 heavy (non-hydrogen) atoms. The lowest BCUT2D eigenvalue weighted by atomic mass is 10.2. The summed E-state index contributed by atoms with van der Waals surface area (Å²) in [6.45, 7) is 1.76. The highest BCUT2D eigenvalue weighted by Gasteiger charge is 2.18. The largest absolute Gasteiger partial charge is 0.370 e. The van der Waals surface area contributed by atoms with Crippen molar-refractivity contribution >= 4 is 23.0 Å². The minimum absolute atomic E-state index is 0.0604. The molecular formula is C9H9ClN6O2. The number of anilines is 1. The number of rotatable bonds is 4. The molecule has 1 heterocycles. The minimum Gasteiger partial charge on any atom is -0.370 e. The topological polar surface area (TPSA) is 110 Å². The second-order valence-electron chi connectivity index (χ2n) is 3.55. The SMILES string of the molecule is CC(Nc1cc(Cl)ccc1[N+](=O)[O-])c1nn[nH]n1. The molecule has 0 spiro atoms. The highest BCUT2D eigenvalue weighted by Crippen LogP contribution is 2.29. The van der Waals surface area contributed by atoms with Gasteiger partial charge in [0.2, 0.25) is 0 Å². The summed E-state index contributed by atoms with van der Waals surface area (Å²) in [7, 11) is 0. The van der Waals surface area contributed by atoms with Crippen LogP contribution < -0.4 is 5.32 Å². The molecule has 1 aromatic carbocycles. The summed E-state index contributed by atoms with van der Waals surface area (Å²) < 4.78 is 0. The number of nitrogens with one attached hydrogen (secondary N) is 2. The molecule has 0 saturated carbocycles. The van der Waals surface area contributed by atoms with E-state index in [1.165, 1.54) is 18.2 Å². The number of nitro benzene ring substituents is 1. The van der Waals surface area contributed by atoms with Crippen molar-refractivity contribution in [1.29, 1.82) is 0 Å². The molecule has 1 aromatic heterocycles. The maximum absolute atomic E-state index is 10.9. The predicted octanol–water partition coefficient (Wildman–Crippen LogP) is 1.93. The number of hydrogen-bond acceptors (Lipinski definition) is 6. The van der Waals surface area contributed by atoms with Gasteiger partial charge in [0, 0.05) is 11.1 Å². The fraction of sp³-hybridized carbons (Fsp3) is 0.222. The Bertz CT molecular complexity index is 558. The minimum atomic E-state index is -0.485. The molecule has 9 heteroatoms. The second-order valence-corrected chi connectivity index (χ2v) is 3.99. The Morgan fingerprint density at radius 1 is 1.56 bits per heavy atom. The van der Waals surface area contributed by atoms with Gasteiger partial charge in [0.15, 0.2) is 5.82 Å². The van der Waals surface area contributed by atoms with Gasteiger partial charge in [-0.3, -0.25) is 10.1 Å². The van der Waals surface area contributed by atoms with Gasteiger partial charge in [-0.05, 0) is 19.1 Å². The summed E-state index contributed by atoms with van der Waals surface area (Å²) in [4.78, 5) is 10.4. The first kappa shape index (κ1) is 12.2. The zero-order chi connectivity index (χ0) is 13.1. The smallest absolute Gasteiger partial charge is 0.292 e. The van der Waals surface area contributed by atoms with Gasteiger partial charge in [0.05, 0.1) is 11.0 Å². The Morgan fingerprint density at radius 3 is 2.94 bits per heavy atom. The van der Waals surface area contributed by atoms with E-state index >= 15 is 0 Å². The van der Waals surface area contributed by atoms with Crippen LogP contribution >= 0.6 is 11.6 Å². The highest BCUT2D eigenvalue weighted by atomic mass is 35.5. The molecule has 8 nitrogen and oxygen atoms in total. The van der Waals surface area contributed by atoms with Crippen molar-refractivity contribution < 1.29 is 4.92 Å². The zero-order valence-electron chi connectivity index (χ0n) is 9.29. The van der Waals surface area contributed by atoms with Crippen molar-refractivity contribution in [2.75, 3.05) is 5.32 Å². The number of aromatic amines is 1. The molecule has 0 fully saturated rings. The zero-order valence-corrected chi connectivity index (χ0v) is 10.0. The molecule has 2 rings (SSSR count). The Labute approximate surface area is 106 Å². The summed E-state index contributed by atoms with van der Waals surface area (Å²) >= 11 is 5.82. The van der Waals surface area contributed by atoms with Gasteiger partial charge < -0.3 is 5.32 Å². The number of nitro groups is 1. The van der Waals surface area contributed by atoms with Crippen LogP contribution in [0.5, 0.6) is 0 Å². The Balaban J connectivity index is 2.28. The van der Waals surface area contributed by atoms with E-state index in [9.17, 15) is 10.1 Å². The van der Waals surface area contributed by atoms with Crippen LogP contribution in [0.3, 0.4) is 0 Å². The lowest BCUT2D eigenvalue weighted by molar-refractivity contribution is -0.384. The van der Waals surface area contributed by atoms with Gasteiger partial charge >= 0.3 is 0 Å². The maximum atomic E-state index is 10.9. The standard InChI is InChI=1S/C9H9ClN6O2/c1-5(9-12-14-15-13-9)11-7-4-6(10)2-3-8(7)16(17)18/h2-5,11H,1H3,(H,12,13,14,15). The average Bonchev–Trinajstić information content (AvgIpc) is 2.81. The lowest BCUT2D eigenvalue weighted by Crippen LogP contribution is -2.10. The van der Waals surface area contributed by atoms with Gasteiger partial charge in [-0.1, -0.05) is 16.8 Å². The number of nitrogens with zero attached hydrogens (tertiary/aromatic N) is 4. The molecule has 2 N–H and O–H groups in total. The molecule has 0 aliphatic rings. The molecule has 0 radical (unpaired) electrons. The van der Waals surface area contributed by atoms with Gasteiger partial charge in [-0.25, -0.2) is 0 Å². The van der Waals surface area contributed by atoms with E-state index in [1.54, 1.807) is 6.92 Å². The summed E-state index contributed by atoms with van der Waals surface area (Å²) in [6, 6.07) is 3.95. The molecule has 1 atom stereocenters. The summed E-state index contributed by atoms with van der Waals surface area (Å²) in [6.07, 6.45) is 0. The average molecular weight is 269 g/mol. The first-order valence-electron chi connectivity index (χ1n) is 5.01. The fourth-order valence-electron chi connectivity index (χ4n) is 1.43. The molecule has 94 valence electrons. The van der Waals surface area contributed by atoms with Gasteiger partial charge in [0.25, 0.3) is 5.69 Å². The summed E-state index contributed by atoms with van der Waals surface area (Å²) in [5, 5.41) is 27.5. The molecule has 2 aromatic rings. The van der Waals surface area contributed by atoms with Crippen LogP contribution in [-0.4, -0.2) is 25.5 Å². The van der Waals surface area contributed by atoms with E-state index in [-0.39, 0.29) is 11.7 Å². The van der Waals surface area contributed by atoms with Crippen molar-refractivity contribution in [3.63, 3.8) is 0 Å². The third kappa shape index (κ3) is 2.54. The molecule has 0 amide bonds. The van der Waals surface area contributed by atoms with Gasteiger partial charge in [-0.2, -0.15) is 5.21 Å². The van der Waals surface area contributed by atoms with Crippen molar-refractivity contribution in [2.45, 2.75) is 13.0 Å². The van der Waals surface area contributed by atoms with E-state index in [2.05, 4.69) is 25.9 Å². The van der Waals surface area contributed by atoms with Crippen molar-refractivity contribution in [2.24, 2.45) is 0 Å². The van der Waals surface area contributed by atoms with Crippen molar-refractivity contribution in [3.8, 4) is 0 Å². The Morgan fingerprint density at radius 2 is 2.33 bits per heavy atom. The Kier molecular flexibility index (Phi) is 3.38. The van der Waals surface area contributed by atoms with Crippen LogP contribution in [0.15, 0.2) is 18.2 Å². The molecule has 0 aliphatic carbocycles. The molecule has 0 bridgehead atoms. The van der Waals surface area contributed by atoms with Crippen LogP contribution in [0.4, 0.5) is 11.4 Å². The van der Waals surface area contributed by atoms with Crippen molar-refractivity contribution in [1.82, 2.24) is 20.6 Å². The Hall–Kier alpha value is -2.22. The van der Waals surface area contributed by atoms with Crippen LogP contribution in [0, 0.1) is 10.1 Å². The van der Waals surface area contributed by atoms with Crippen LogP contribution in [-0.2, 0) is 0 Å². The lowest BCUT2D eigenvalue weighted by Gasteiger charge is -2.11. The highest BCUT2D eigenvalue weighted by molar-refractivity contribution is 6.31. The first-order chi connectivity index (χ1) is 8.58. The maximum Gasteiger partial charge on any atom is 0.292 e. The van der Waals surface area contributed by atoms with Gasteiger partial charge in [0.1, 0.15) is 5.69 Å². The number of H-pyrrole nitrogens is 1. The number of benzene rings is 1. The fourth-order valence-corrected chi connectivity index (χ4v) is 1.61. The molecule has 1 unspecified atom stereocenters. The van der Waals surface area contributed by atoms with Crippen molar-refractivity contribution in [3.05, 3.63) is 39.2 Å². The third-order valence-corrected chi connectivity index (χ3v) is 2.51. The normalized spacial score (nSPS) is 12.1. The van der Waals surface area contributed by atoms with E-state index < -0.39 is 4.92 Å². The summed E-state index contributed by atoms with van der Waals surface area (Å²) in [5.41, 5.74) is 0.250. The van der Waals surface area contributed by atoms with Crippen LogP contribution in [0.2, 0.25) is 5.02 Å². The van der Waals surface area contributed by atoms with Crippen LogP contribution in [0.1, 0.15) is 18.8 Å². The number of hydrogen-bond donors (Lipinski definition) is 2. The summed E-state index contributed by atoms with van der Waals surface area (Å²) in [5.74, 6) is 0.407. The van der Waals surface area contributed by atoms with Gasteiger partial charge in [-0.15, -0.1) is 10.2 Å². The van der Waals surface area contributed by atoms with E-state index in [0.717, 1.165) is 0 Å². The molecular weight excluding hydrogens is 260 g/mol. The number of halogens is 1. The molecule has 0 aliphatic heterocycles. The van der Waals surface area contributed by atoms with Crippen LogP contribution in [0.25, 0.3) is 0 Å². The predicted molar refractivity (Wildman–Crippen MR) is 64.3 cm³/mol. The van der Waals surface area contributed by atoms with E-state index in [1.807, 2.05) is 0 Å². The first-order valence-corrected chi connectivity index (χ1v) is 5.39. The quantitative estimate of drug-likeness (QED) is 0.648. The van der Waals surface area contributed by atoms with E-state index in [0.29, 0.717) is 16.5 Å². The monoisotopic (exact) mass is 268 g/mol. The van der Waals surface area contributed by atoms with E-state index in [4.69, 9.17) is 11.6 Å². The second kappa shape index (κ2) is 4.96. The number of tetrazole rings is 1. The number of aromatic nitrogens is 4. The molecule has 0 saturated heterocycles. The third-order valence-electron chi connectivity index (χ3n) is 2.28.